The lowest BCUT2D eigenvalue weighted by atomic mass is 9.89. The van der Waals surface area contributed by atoms with Gasteiger partial charge in [-0.2, -0.15) is 0 Å². The van der Waals surface area contributed by atoms with Gasteiger partial charge in [-0.15, -0.1) is 0 Å². The van der Waals surface area contributed by atoms with Gasteiger partial charge in [-0.3, -0.25) is 0 Å². The van der Waals surface area contributed by atoms with Gasteiger partial charge in [-0.05, 0) is 31.7 Å². The molecule has 1 aromatic heterocycles. The SMILES string of the molecule is CCCc1nccn1CCNCC1CCCCC1. The second kappa shape index (κ2) is 7.57. The van der Waals surface area contributed by atoms with Gasteiger partial charge in [-0.1, -0.05) is 26.2 Å². The molecule has 1 saturated carbocycles. The van der Waals surface area contributed by atoms with Gasteiger partial charge in [-0.25, -0.2) is 4.98 Å². The van der Waals surface area contributed by atoms with Crippen LogP contribution in [-0.4, -0.2) is 22.6 Å². The van der Waals surface area contributed by atoms with Gasteiger partial charge in [0.15, 0.2) is 0 Å². The van der Waals surface area contributed by atoms with Crippen molar-refractivity contribution < 1.29 is 0 Å². The summed E-state index contributed by atoms with van der Waals surface area (Å²) in [5.41, 5.74) is 0. The molecule has 0 unspecified atom stereocenters. The van der Waals surface area contributed by atoms with Crippen molar-refractivity contribution in [2.45, 2.75) is 58.4 Å². The summed E-state index contributed by atoms with van der Waals surface area (Å²) in [7, 11) is 0. The number of hydrogen-bond donors (Lipinski definition) is 1. The Morgan fingerprint density at radius 3 is 2.94 bits per heavy atom. The monoisotopic (exact) mass is 249 g/mol. The van der Waals surface area contributed by atoms with Crippen LogP contribution in [0.2, 0.25) is 0 Å². The number of rotatable bonds is 7. The average Bonchev–Trinajstić information content (AvgIpc) is 2.84. The van der Waals surface area contributed by atoms with Crippen LogP contribution in [0.15, 0.2) is 12.4 Å². The van der Waals surface area contributed by atoms with E-state index in [-0.39, 0.29) is 0 Å². The minimum atomic E-state index is 0.927. The predicted octanol–water partition coefficient (Wildman–Crippen LogP) is 3.01. The quantitative estimate of drug-likeness (QED) is 0.753. The van der Waals surface area contributed by atoms with E-state index in [9.17, 15) is 0 Å². The van der Waals surface area contributed by atoms with Crippen molar-refractivity contribution >= 4 is 0 Å². The summed E-state index contributed by atoms with van der Waals surface area (Å²) in [6.07, 6.45) is 13.5. The molecule has 1 heterocycles. The maximum atomic E-state index is 4.41. The summed E-state index contributed by atoms with van der Waals surface area (Å²) in [5, 5.41) is 3.61. The van der Waals surface area contributed by atoms with Crippen LogP contribution in [0.1, 0.15) is 51.3 Å². The fourth-order valence-corrected chi connectivity index (χ4v) is 2.89. The Labute approximate surface area is 111 Å². The second-order valence-corrected chi connectivity index (χ2v) is 5.50. The Balaban J connectivity index is 1.63. The molecule has 3 heteroatoms. The first-order valence-corrected chi connectivity index (χ1v) is 7.61. The molecule has 2 rings (SSSR count). The summed E-state index contributed by atoms with van der Waals surface area (Å²) in [6, 6.07) is 0. The van der Waals surface area contributed by atoms with E-state index in [4.69, 9.17) is 0 Å². The van der Waals surface area contributed by atoms with Gasteiger partial charge < -0.3 is 9.88 Å². The van der Waals surface area contributed by atoms with E-state index in [0.717, 1.165) is 25.4 Å². The minimum absolute atomic E-state index is 0.927. The number of aromatic nitrogens is 2. The van der Waals surface area contributed by atoms with Gasteiger partial charge in [0.25, 0.3) is 0 Å². The third-order valence-electron chi connectivity index (χ3n) is 3.96. The Hall–Kier alpha value is -0.830. The summed E-state index contributed by atoms with van der Waals surface area (Å²) >= 11 is 0. The van der Waals surface area contributed by atoms with Crippen molar-refractivity contribution in [3.63, 3.8) is 0 Å². The lowest BCUT2D eigenvalue weighted by molar-refractivity contribution is 0.340. The average molecular weight is 249 g/mol. The highest BCUT2D eigenvalue weighted by molar-refractivity contribution is 4.92. The molecule has 0 aromatic carbocycles. The highest BCUT2D eigenvalue weighted by atomic mass is 15.1. The molecule has 0 atom stereocenters. The van der Waals surface area contributed by atoms with Crippen LogP contribution >= 0.6 is 0 Å². The lowest BCUT2D eigenvalue weighted by Crippen LogP contribution is -2.27. The van der Waals surface area contributed by atoms with Crippen molar-refractivity contribution in [2.75, 3.05) is 13.1 Å². The number of aryl methyl sites for hydroxylation is 1. The Morgan fingerprint density at radius 1 is 1.33 bits per heavy atom. The Kier molecular flexibility index (Phi) is 5.72. The van der Waals surface area contributed by atoms with Crippen molar-refractivity contribution in [3.8, 4) is 0 Å². The first kappa shape index (κ1) is 13.6. The number of nitrogens with one attached hydrogen (secondary N) is 1. The van der Waals surface area contributed by atoms with E-state index in [1.54, 1.807) is 0 Å². The van der Waals surface area contributed by atoms with Gasteiger partial charge in [0.1, 0.15) is 5.82 Å². The van der Waals surface area contributed by atoms with E-state index in [1.807, 2.05) is 6.20 Å². The van der Waals surface area contributed by atoms with E-state index in [0.29, 0.717) is 0 Å². The molecule has 102 valence electrons. The largest absolute Gasteiger partial charge is 0.334 e. The fraction of sp³-hybridized carbons (Fsp3) is 0.800. The maximum absolute atomic E-state index is 4.41. The molecule has 0 radical (unpaired) electrons. The molecule has 0 spiro atoms. The Morgan fingerprint density at radius 2 is 2.17 bits per heavy atom. The third kappa shape index (κ3) is 4.13. The summed E-state index contributed by atoms with van der Waals surface area (Å²) < 4.78 is 2.29. The number of hydrogen-bond acceptors (Lipinski definition) is 2. The van der Waals surface area contributed by atoms with Crippen LogP contribution in [0.4, 0.5) is 0 Å². The van der Waals surface area contributed by atoms with Crippen LogP contribution in [0.5, 0.6) is 0 Å². The normalized spacial score (nSPS) is 17.2. The molecule has 1 aliphatic rings. The smallest absolute Gasteiger partial charge is 0.108 e. The molecule has 0 bridgehead atoms. The van der Waals surface area contributed by atoms with Crippen LogP contribution in [0, 0.1) is 5.92 Å². The zero-order valence-corrected chi connectivity index (χ0v) is 11.7. The zero-order chi connectivity index (χ0) is 12.6. The molecule has 3 nitrogen and oxygen atoms in total. The molecule has 18 heavy (non-hydrogen) atoms. The summed E-state index contributed by atoms with van der Waals surface area (Å²) in [6.45, 7) is 5.55. The third-order valence-corrected chi connectivity index (χ3v) is 3.96. The van der Waals surface area contributed by atoms with Crippen molar-refractivity contribution in [2.24, 2.45) is 5.92 Å². The molecular formula is C15H27N3. The second-order valence-electron chi connectivity index (χ2n) is 5.50. The van der Waals surface area contributed by atoms with E-state index < -0.39 is 0 Å². The predicted molar refractivity (Wildman–Crippen MR) is 75.7 cm³/mol. The van der Waals surface area contributed by atoms with Crippen LogP contribution in [0.25, 0.3) is 0 Å². The van der Waals surface area contributed by atoms with Crippen molar-refractivity contribution in [3.05, 3.63) is 18.2 Å². The lowest BCUT2D eigenvalue weighted by Gasteiger charge is -2.21. The highest BCUT2D eigenvalue weighted by Crippen LogP contribution is 2.22. The van der Waals surface area contributed by atoms with Gasteiger partial charge in [0, 0.05) is 31.9 Å². The summed E-state index contributed by atoms with van der Waals surface area (Å²) in [5.74, 6) is 2.16. The zero-order valence-electron chi connectivity index (χ0n) is 11.7. The van der Waals surface area contributed by atoms with Crippen LogP contribution in [-0.2, 0) is 13.0 Å². The molecule has 0 aliphatic heterocycles. The number of nitrogens with zero attached hydrogens (tertiary/aromatic N) is 2. The van der Waals surface area contributed by atoms with Crippen LogP contribution < -0.4 is 5.32 Å². The summed E-state index contributed by atoms with van der Waals surface area (Å²) in [4.78, 5) is 4.41. The topological polar surface area (TPSA) is 29.9 Å². The fourth-order valence-electron chi connectivity index (χ4n) is 2.89. The molecule has 0 amide bonds. The van der Waals surface area contributed by atoms with E-state index in [2.05, 4.69) is 28.0 Å². The minimum Gasteiger partial charge on any atom is -0.334 e. The molecular weight excluding hydrogens is 222 g/mol. The van der Waals surface area contributed by atoms with Crippen molar-refractivity contribution in [1.82, 2.24) is 14.9 Å². The van der Waals surface area contributed by atoms with Gasteiger partial charge in [0.05, 0.1) is 0 Å². The molecule has 1 aliphatic carbocycles. The highest BCUT2D eigenvalue weighted by Gasteiger charge is 2.12. The van der Waals surface area contributed by atoms with Crippen LogP contribution in [0.3, 0.4) is 0 Å². The molecule has 1 N–H and O–H groups in total. The number of imidazole rings is 1. The van der Waals surface area contributed by atoms with E-state index >= 15 is 0 Å². The Bertz CT molecular complexity index is 326. The van der Waals surface area contributed by atoms with Crippen molar-refractivity contribution in [1.29, 1.82) is 0 Å². The molecule has 0 saturated heterocycles. The van der Waals surface area contributed by atoms with E-state index in [1.165, 1.54) is 50.9 Å². The van der Waals surface area contributed by atoms with Gasteiger partial charge >= 0.3 is 0 Å². The first-order chi connectivity index (χ1) is 8.90. The van der Waals surface area contributed by atoms with Gasteiger partial charge in [0.2, 0.25) is 0 Å². The molecule has 1 fully saturated rings. The maximum Gasteiger partial charge on any atom is 0.108 e. The molecule has 1 aromatic rings. The standard InChI is InChI=1S/C15H27N3/c1-2-6-15-17-10-12-18(15)11-9-16-13-14-7-4-3-5-8-14/h10,12,14,16H,2-9,11,13H2,1H3. The first-order valence-electron chi connectivity index (χ1n) is 7.61.